The molecule has 1 fully saturated rings. The molecule has 2 atom stereocenters. The van der Waals surface area contributed by atoms with Gasteiger partial charge in [-0.2, -0.15) is 0 Å². The first-order valence-electron chi connectivity index (χ1n) is 6.55. The first-order valence-corrected chi connectivity index (χ1v) is 5.85. The van der Waals surface area contributed by atoms with Crippen molar-refractivity contribution in [2.45, 2.75) is 38.8 Å². The third-order valence-electron chi connectivity index (χ3n) is 2.69. The zero-order chi connectivity index (χ0) is 13.8. The van der Waals surface area contributed by atoms with Crippen molar-refractivity contribution in [3.05, 3.63) is 0 Å². The largest absolute Gasteiger partial charge is 0.444 e. The molecule has 0 aliphatic carbocycles. The predicted octanol–water partition coefficient (Wildman–Crippen LogP) is 1.25. The van der Waals surface area contributed by atoms with Crippen LogP contribution in [0, 0.1) is 5.92 Å². The summed E-state index contributed by atoms with van der Waals surface area (Å²) >= 11 is 0. The number of rotatable bonds is 3. The van der Waals surface area contributed by atoms with Crippen LogP contribution in [0.15, 0.2) is 0 Å². The standard InChI is InChI=1S/C12H23NO4/c1-12(2,3)17-11(15)13-6-9(8-16-4)5-10(13)7-14/h9-10,14H,5-8H2,1-4H3/t9-,10-/m0/s1/i4D. The van der Waals surface area contributed by atoms with E-state index in [0.717, 1.165) is 0 Å². The Morgan fingerprint density at radius 1 is 1.59 bits per heavy atom. The molecule has 100 valence electrons. The number of hydrogen-bond acceptors (Lipinski definition) is 4. The van der Waals surface area contributed by atoms with Gasteiger partial charge in [-0.15, -0.1) is 0 Å². The Labute approximate surface area is 104 Å². The molecule has 5 heteroatoms. The molecule has 1 rings (SSSR count). The monoisotopic (exact) mass is 246 g/mol. The summed E-state index contributed by atoms with van der Waals surface area (Å²) in [5.41, 5.74) is -0.535. The quantitative estimate of drug-likeness (QED) is 0.814. The minimum atomic E-state index is -0.535. The van der Waals surface area contributed by atoms with Crippen LogP contribution in [0.4, 0.5) is 4.79 Å². The van der Waals surface area contributed by atoms with Gasteiger partial charge in [-0.3, -0.25) is 0 Å². The van der Waals surface area contributed by atoms with Gasteiger partial charge in [-0.25, -0.2) is 4.79 Å². The fourth-order valence-corrected chi connectivity index (χ4v) is 2.02. The van der Waals surface area contributed by atoms with Crippen LogP contribution in [0.1, 0.15) is 28.6 Å². The minimum Gasteiger partial charge on any atom is -0.444 e. The van der Waals surface area contributed by atoms with Gasteiger partial charge in [0.1, 0.15) is 5.60 Å². The Kier molecular flexibility index (Phi) is 4.23. The summed E-state index contributed by atoms with van der Waals surface area (Å²) in [4.78, 5) is 13.5. The van der Waals surface area contributed by atoms with Gasteiger partial charge in [0, 0.05) is 19.5 Å². The molecular formula is C12H23NO4. The van der Waals surface area contributed by atoms with Crippen molar-refractivity contribution in [3.63, 3.8) is 0 Å². The third-order valence-corrected chi connectivity index (χ3v) is 2.69. The highest BCUT2D eigenvalue weighted by Gasteiger charge is 2.36. The molecule has 0 unspecified atom stereocenters. The van der Waals surface area contributed by atoms with E-state index in [1.54, 1.807) is 4.90 Å². The SMILES string of the molecule is [2H]COC[C@H]1C[C@@H](CO)N(C(=O)OC(C)(C)C)C1. The first kappa shape index (κ1) is 12.6. The van der Waals surface area contributed by atoms with Crippen LogP contribution < -0.4 is 0 Å². The van der Waals surface area contributed by atoms with Crippen LogP contribution in [-0.2, 0) is 9.47 Å². The number of hydrogen-bond donors (Lipinski definition) is 1. The molecule has 5 nitrogen and oxygen atoms in total. The van der Waals surface area contributed by atoms with E-state index in [9.17, 15) is 9.90 Å². The fraction of sp³-hybridized carbons (Fsp3) is 0.917. The number of carbonyl (C=O) groups excluding carboxylic acids is 1. The number of carbonyl (C=O) groups is 1. The molecule has 1 saturated heterocycles. The highest BCUT2D eigenvalue weighted by Crippen LogP contribution is 2.25. The lowest BCUT2D eigenvalue weighted by atomic mass is 10.1. The van der Waals surface area contributed by atoms with Gasteiger partial charge in [-0.1, -0.05) is 0 Å². The zero-order valence-corrected chi connectivity index (χ0v) is 10.8. The molecule has 0 aromatic carbocycles. The Bertz CT molecular complexity index is 280. The van der Waals surface area contributed by atoms with Crippen molar-refractivity contribution in [3.8, 4) is 0 Å². The number of aliphatic hydroxyl groups excluding tert-OH is 1. The van der Waals surface area contributed by atoms with Crippen molar-refractivity contribution < 1.29 is 20.7 Å². The van der Waals surface area contributed by atoms with Crippen molar-refractivity contribution in [1.82, 2.24) is 4.90 Å². The van der Waals surface area contributed by atoms with Crippen molar-refractivity contribution in [2.24, 2.45) is 5.92 Å². The molecule has 0 aromatic rings. The summed E-state index contributed by atoms with van der Waals surface area (Å²) in [5, 5.41) is 9.30. The summed E-state index contributed by atoms with van der Waals surface area (Å²) in [6.45, 7) is 6.33. The fourth-order valence-electron chi connectivity index (χ4n) is 2.02. The molecule has 1 aliphatic heterocycles. The summed E-state index contributed by atoms with van der Waals surface area (Å²) in [5.74, 6) is 0.167. The third kappa shape index (κ3) is 4.16. The van der Waals surface area contributed by atoms with Crippen LogP contribution in [0.25, 0.3) is 0 Å². The molecular weight excluding hydrogens is 222 g/mol. The van der Waals surface area contributed by atoms with Gasteiger partial charge in [0.15, 0.2) is 0 Å². The highest BCUT2D eigenvalue weighted by atomic mass is 16.6. The second-order valence-corrected chi connectivity index (χ2v) is 5.44. The van der Waals surface area contributed by atoms with Crippen LogP contribution in [0.3, 0.4) is 0 Å². The second-order valence-electron chi connectivity index (χ2n) is 5.44. The summed E-state index contributed by atoms with van der Waals surface area (Å²) < 4.78 is 17.3. The Balaban J connectivity index is 2.55. The first-order chi connectivity index (χ1) is 8.37. The predicted molar refractivity (Wildman–Crippen MR) is 63.8 cm³/mol. The molecule has 0 radical (unpaired) electrons. The Hall–Kier alpha value is -0.810. The number of nitrogens with zero attached hydrogens (tertiary/aromatic N) is 1. The zero-order valence-electron chi connectivity index (χ0n) is 11.8. The van der Waals surface area contributed by atoms with Gasteiger partial charge in [0.2, 0.25) is 0 Å². The van der Waals surface area contributed by atoms with Gasteiger partial charge in [-0.05, 0) is 27.2 Å². The number of aliphatic hydroxyl groups is 1. The minimum absolute atomic E-state index is 0.0728. The van der Waals surface area contributed by atoms with Crippen molar-refractivity contribution in [1.29, 1.82) is 0 Å². The average molecular weight is 246 g/mol. The molecule has 17 heavy (non-hydrogen) atoms. The van der Waals surface area contributed by atoms with Crippen molar-refractivity contribution >= 4 is 6.09 Å². The summed E-state index contributed by atoms with van der Waals surface area (Å²) in [7, 11) is -0.0767. The van der Waals surface area contributed by atoms with E-state index in [0.29, 0.717) is 19.6 Å². The van der Waals surface area contributed by atoms with Crippen molar-refractivity contribution in [2.75, 3.05) is 26.8 Å². The van der Waals surface area contributed by atoms with E-state index in [-0.39, 0.29) is 25.7 Å². The molecule has 0 spiro atoms. The smallest absolute Gasteiger partial charge is 0.410 e. The van der Waals surface area contributed by atoms with Crippen LogP contribution >= 0.6 is 0 Å². The molecule has 0 saturated carbocycles. The van der Waals surface area contributed by atoms with Gasteiger partial charge in [0.05, 0.1) is 20.6 Å². The normalized spacial score (nSPS) is 25.9. The molecule has 0 aromatic heterocycles. The van der Waals surface area contributed by atoms with E-state index in [2.05, 4.69) is 0 Å². The molecule has 1 N–H and O–H groups in total. The van der Waals surface area contributed by atoms with Crippen LogP contribution in [-0.4, -0.2) is 54.6 Å². The maximum absolute atomic E-state index is 12.0. The van der Waals surface area contributed by atoms with E-state index in [1.807, 2.05) is 20.8 Å². The molecule has 1 aliphatic rings. The highest BCUT2D eigenvalue weighted by molar-refractivity contribution is 5.69. The van der Waals surface area contributed by atoms with Crippen LogP contribution in [0.5, 0.6) is 0 Å². The number of methoxy groups -OCH3 is 1. The summed E-state index contributed by atoms with van der Waals surface area (Å²) in [6.07, 6.45) is 0.297. The van der Waals surface area contributed by atoms with E-state index in [4.69, 9.17) is 10.8 Å². The Morgan fingerprint density at radius 2 is 2.29 bits per heavy atom. The Morgan fingerprint density at radius 3 is 2.82 bits per heavy atom. The molecule has 1 amide bonds. The van der Waals surface area contributed by atoms with E-state index in [1.165, 1.54) is 0 Å². The molecule has 0 bridgehead atoms. The van der Waals surface area contributed by atoms with E-state index < -0.39 is 11.7 Å². The number of likely N-dealkylation sites (tertiary alicyclic amines) is 1. The van der Waals surface area contributed by atoms with Gasteiger partial charge < -0.3 is 19.5 Å². The lowest BCUT2D eigenvalue weighted by Crippen LogP contribution is -2.41. The lowest BCUT2D eigenvalue weighted by molar-refractivity contribution is 0.0168. The van der Waals surface area contributed by atoms with Gasteiger partial charge in [0.25, 0.3) is 0 Å². The van der Waals surface area contributed by atoms with Crippen LogP contribution in [0.2, 0.25) is 0 Å². The maximum Gasteiger partial charge on any atom is 0.410 e. The summed E-state index contributed by atoms with van der Waals surface area (Å²) in [6, 6.07) is -0.209. The number of amides is 1. The molecule has 1 heterocycles. The lowest BCUT2D eigenvalue weighted by Gasteiger charge is -2.27. The van der Waals surface area contributed by atoms with E-state index >= 15 is 0 Å². The van der Waals surface area contributed by atoms with Gasteiger partial charge >= 0.3 is 6.09 Å². The topological polar surface area (TPSA) is 59.0 Å². The number of ether oxygens (including phenoxy) is 2. The maximum atomic E-state index is 12.0. The second kappa shape index (κ2) is 5.69. The average Bonchev–Trinajstić information content (AvgIpc) is 2.67.